The number of benzene rings is 3. The topological polar surface area (TPSA) is 42.0 Å². The Balaban J connectivity index is 1.86. The summed E-state index contributed by atoms with van der Waals surface area (Å²) in [4.78, 5) is 18.1. The summed E-state index contributed by atoms with van der Waals surface area (Å²) >= 11 is 3.48. The Kier molecular flexibility index (Phi) is 5.39. The lowest BCUT2D eigenvalue weighted by atomic mass is 9.99. The number of hydrogen-bond donors (Lipinski definition) is 1. The van der Waals surface area contributed by atoms with Gasteiger partial charge in [0.2, 0.25) is 0 Å². The van der Waals surface area contributed by atoms with Gasteiger partial charge in [-0.2, -0.15) is 0 Å². The molecule has 4 aromatic rings. The van der Waals surface area contributed by atoms with Crippen LogP contribution in [0, 0.1) is 26.6 Å². The van der Waals surface area contributed by atoms with Crippen molar-refractivity contribution in [2.75, 3.05) is 5.32 Å². The zero-order valence-corrected chi connectivity index (χ0v) is 18.5. The van der Waals surface area contributed by atoms with Crippen molar-refractivity contribution in [3.05, 3.63) is 93.2 Å². The van der Waals surface area contributed by atoms with E-state index in [4.69, 9.17) is 4.98 Å². The molecule has 1 heterocycles. The molecule has 1 amide bonds. The molecule has 0 fully saturated rings. The fourth-order valence-electron chi connectivity index (χ4n) is 3.56. The Morgan fingerprint density at radius 3 is 2.37 bits per heavy atom. The quantitative estimate of drug-likeness (QED) is 0.356. The molecule has 0 aliphatic carbocycles. The number of rotatable bonds is 3. The maximum atomic E-state index is 13.4. The highest BCUT2D eigenvalue weighted by Crippen LogP contribution is 2.29. The van der Waals surface area contributed by atoms with Gasteiger partial charge in [0.05, 0.1) is 16.8 Å². The second-order valence-electron chi connectivity index (χ2n) is 7.46. The predicted octanol–water partition coefficient (Wildman–Crippen LogP) is 6.98. The normalized spacial score (nSPS) is 11.0. The van der Waals surface area contributed by atoms with Gasteiger partial charge in [-0.3, -0.25) is 4.79 Å². The number of aromatic nitrogens is 1. The van der Waals surface area contributed by atoms with Crippen LogP contribution in [0.3, 0.4) is 0 Å². The third-order valence-corrected chi connectivity index (χ3v) is 5.94. The van der Waals surface area contributed by atoms with Gasteiger partial charge in [0.25, 0.3) is 5.91 Å². The molecule has 0 unspecified atom stereocenters. The number of amides is 1. The molecule has 5 heteroatoms. The lowest BCUT2D eigenvalue weighted by Crippen LogP contribution is -2.13. The summed E-state index contributed by atoms with van der Waals surface area (Å²) in [5, 5.41) is 3.79. The molecule has 3 aromatic carbocycles. The molecule has 4 rings (SSSR count). The minimum absolute atomic E-state index is 0.211. The Morgan fingerprint density at radius 2 is 1.67 bits per heavy atom. The maximum Gasteiger partial charge on any atom is 0.256 e. The fourth-order valence-corrected chi connectivity index (χ4v) is 3.80. The molecule has 0 radical (unpaired) electrons. The minimum atomic E-state index is -0.310. The van der Waals surface area contributed by atoms with Gasteiger partial charge >= 0.3 is 0 Å². The van der Waals surface area contributed by atoms with Crippen LogP contribution in [-0.4, -0.2) is 10.9 Å². The lowest BCUT2D eigenvalue weighted by Gasteiger charge is -2.13. The first-order valence-electron chi connectivity index (χ1n) is 9.57. The van der Waals surface area contributed by atoms with Crippen LogP contribution < -0.4 is 5.32 Å². The number of fused-ring (bicyclic) bond motifs is 1. The van der Waals surface area contributed by atoms with Gasteiger partial charge in [0.15, 0.2) is 0 Å². The Morgan fingerprint density at radius 1 is 0.933 bits per heavy atom. The van der Waals surface area contributed by atoms with Crippen LogP contribution in [-0.2, 0) is 0 Å². The Labute approximate surface area is 183 Å². The molecule has 3 nitrogen and oxygen atoms in total. The van der Waals surface area contributed by atoms with Crippen molar-refractivity contribution in [1.82, 2.24) is 4.98 Å². The number of nitrogens with zero attached hydrogens (tertiary/aromatic N) is 1. The molecule has 0 bridgehead atoms. The van der Waals surface area contributed by atoms with Gasteiger partial charge in [0, 0.05) is 21.1 Å². The molecule has 0 saturated carbocycles. The van der Waals surface area contributed by atoms with Crippen molar-refractivity contribution in [2.24, 2.45) is 0 Å². The van der Waals surface area contributed by atoms with Crippen molar-refractivity contribution in [2.45, 2.75) is 20.8 Å². The molecule has 0 spiro atoms. The van der Waals surface area contributed by atoms with Crippen LogP contribution in [0.2, 0.25) is 0 Å². The van der Waals surface area contributed by atoms with Crippen molar-refractivity contribution in [3.8, 4) is 11.3 Å². The van der Waals surface area contributed by atoms with E-state index < -0.39 is 0 Å². The van der Waals surface area contributed by atoms with Crippen LogP contribution in [0.5, 0.6) is 0 Å². The molecule has 1 N–H and O–H groups in total. The predicted molar refractivity (Wildman–Crippen MR) is 123 cm³/mol. The maximum absolute atomic E-state index is 13.4. The highest BCUT2D eigenvalue weighted by atomic mass is 79.9. The second kappa shape index (κ2) is 8.00. The van der Waals surface area contributed by atoms with E-state index in [9.17, 15) is 9.18 Å². The monoisotopic (exact) mass is 462 g/mol. The van der Waals surface area contributed by atoms with Crippen LogP contribution >= 0.6 is 15.9 Å². The number of halogens is 2. The minimum Gasteiger partial charge on any atom is -0.322 e. The van der Waals surface area contributed by atoms with E-state index in [-0.39, 0.29) is 11.7 Å². The van der Waals surface area contributed by atoms with Crippen LogP contribution in [0.15, 0.2) is 65.1 Å². The van der Waals surface area contributed by atoms with Gasteiger partial charge in [-0.1, -0.05) is 27.6 Å². The number of carbonyl (C=O) groups excluding carboxylic acids is 1. The summed E-state index contributed by atoms with van der Waals surface area (Å²) < 4.78 is 14.4. The second-order valence-corrected chi connectivity index (χ2v) is 8.31. The fraction of sp³-hybridized carbons (Fsp3) is 0.120. The summed E-state index contributed by atoms with van der Waals surface area (Å²) in [5.41, 5.74) is 6.49. The van der Waals surface area contributed by atoms with E-state index in [1.807, 2.05) is 51.1 Å². The van der Waals surface area contributed by atoms with Crippen molar-refractivity contribution in [3.63, 3.8) is 0 Å². The van der Waals surface area contributed by atoms with E-state index in [1.54, 1.807) is 18.2 Å². The zero-order chi connectivity index (χ0) is 21.4. The highest BCUT2D eigenvalue weighted by Gasteiger charge is 2.16. The number of nitrogens with one attached hydrogen (secondary N) is 1. The van der Waals surface area contributed by atoms with Gasteiger partial charge in [0.1, 0.15) is 5.82 Å². The smallest absolute Gasteiger partial charge is 0.256 e. The van der Waals surface area contributed by atoms with Crippen LogP contribution in [0.4, 0.5) is 10.1 Å². The highest BCUT2D eigenvalue weighted by molar-refractivity contribution is 9.10. The summed E-state index contributed by atoms with van der Waals surface area (Å²) in [6, 6.07) is 17.6. The molecule has 150 valence electrons. The number of hydrogen-bond acceptors (Lipinski definition) is 2. The number of pyridine rings is 1. The average Bonchev–Trinajstić information content (AvgIpc) is 2.70. The first-order valence-corrected chi connectivity index (χ1v) is 10.4. The Bertz CT molecular complexity index is 1280. The third-order valence-electron chi connectivity index (χ3n) is 5.05. The molecule has 0 aliphatic heterocycles. The Hall–Kier alpha value is -3.05. The van der Waals surface area contributed by atoms with Gasteiger partial charge in [-0.25, -0.2) is 9.37 Å². The zero-order valence-electron chi connectivity index (χ0n) is 16.9. The summed E-state index contributed by atoms with van der Waals surface area (Å²) in [7, 11) is 0. The summed E-state index contributed by atoms with van der Waals surface area (Å²) in [6.07, 6.45) is 0. The van der Waals surface area contributed by atoms with E-state index in [1.165, 1.54) is 12.1 Å². The largest absolute Gasteiger partial charge is 0.322 e. The standard InChI is InChI=1S/C25H20BrFN2O/c1-14-10-16(3)24-20(11-14)21(13-23(29-24)17-4-6-18(27)7-5-17)25(30)28-19-8-9-22(26)15(2)12-19/h4-13H,1-3H3,(H,28,30). The third kappa shape index (κ3) is 3.98. The van der Waals surface area contributed by atoms with E-state index in [0.29, 0.717) is 11.3 Å². The van der Waals surface area contributed by atoms with E-state index in [0.717, 1.165) is 43.3 Å². The van der Waals surface area contributed by atoms with E-state index >= 15 is 0 Å². The van der Waals surface area contributed by atoms with Crippen LogP contribution in [0.1, 0.15) is 27.0 Å². The summed E-state index contributed by atoms with van der Waals surface area (Å²) in [5.74, 6) is -0.521. The molecule has 0 saturated heterocycles. The molecular weight excluding hydrogens is 443 g/mol. The van der Waals surface area contributed by atoms with Gasteiger partial charge in [-0.05, 0) is 86.5 Å². The first-order chi connectivity index (χ1) is 14.3. The SMILES string of the molecule is Cc1cc(C)c2nc(-c3ccc(F)cc3)cc(C(=O)Nc3ccc(Br)c(C)c3)c2c1. The van der Waals surface area contributed by atoms with Gasteiger partial charge in [-0.15, -0.1) is 0 Å². The van der Waals surface area contributed by atoms with Gasteiger partial charge < -0.3 is 5.32 Å². The number of carbonyl (C=O) groups is 1. The van der Waals surface area contributed by atoms with E-state index in [2.05, 4.69) is 21.2 Å². The lowest BCUT2D eigenvalue weighted by molar-refractivity contribution is 0.102. The first kappa shape index (κ1) is 20.2. The molecule has 30 heavy (non-hydrogen) atoms. The molecule has 1 aromatic heterocycles. The van der Waals surface area contributed by atoms with Crippen molar-refractivity contribution >= 4 is 38.4 Å². The number of aryl methyl sites for hydroxylation is 3. The average molecular weight is 463 g/mol. The summed E-state index contributed by atoms with van der Waals surface area (Å²) in [6.45, 7) is 5.96. The van der Waals surface area contributed by atoms with Crippen molar-refractivity contribution < 1.29 is 9.18 Å². The van der Waals surface area contributed by atoms with Crippen LogP contribution in [0.25, 0.3) is 22.2 Å². The van der Waals surface area contributed by atoms with Crippen molar-refractivity contribution in [1.29, 1.82) is 0 Å². The molecule has 0 atom stereocenters. The molecule has 0 aliphatic rings. The molecular formula is C25H20BrFN2O. The number of anilines is 1.